The number of amidine groups is 1. The van der Waals surface area contributed by atoms with E-state index < -0.39 is 0 Å². The van der Waals surface area contributed by atoms with Crippen LogP contribution < -0.4 is 0 Å². The van der Waals surface area contributed by atoms with Gasteiger partial charge in [0, 0.05) is 12.1 Å². The molecule has 2 aliphatic rings. The molecule has 2 heterocycles. The highest BCUT2D eigenvalue weighted by molar-refractivity contribution is 6.42. The molecule has 3 rings (SSSR count). The molecule has 0 N–H and O–H groups in total. The highest BCUT2D eigenvalue weighted by atomic mass is 35.5. The zero-order valence-electron chi connectivity index (χ0n) is 8.33. The molecule has 3 nitrogen and oxygen atoms in total. The quantitative estimate of drug-likeness (QED) is 0.724. The number of ketones is 1. The van der Waals surface area contributed by atoms with Gasteiger partial charge < -0.3 is 4.90 Å². The Labute approximate surface area is 110 Å². The topological polar surface area (TPSA) is 32.7 Å². The van der Waals surface area contributed by atoms with Crippen LogP contribution in [0, 0.1) is 0 Å². The SMILES string of the molecule is C.O=C1CC2=Nc3ccc(Cl)c(Cl)c3CN2C1. The Hall–Kier alpha value is -1.06. The van der Waals surface area contributed by atoms with Gasteiger partial charge in [-0.3, -0.25) is 4.79 Å². The molecule has 1 aromatic rings. The Morgan fingerprint density at radius 3 is 2.76 bits per heavy atom. The fourth-order valence-electron chi connectivity index (χ4n) is 2.07. The van der Waals surface area contributed by atoms with Gasteiger partial charge in [-0.25, -0.2) is 4.99 Å². The smallest absolute Gasteiger partial charge is 0.159 e. The van der Waals surface area contributed by atoms with Gasteiger partial charge in [0.05, 0.1) is 28.7 Å². The van der Waals surface area contributed by atoms with Crippen molar-refractivity contribution in [2.75, 3.05) is 6.54 Å². The molecule has 0 unspecified atom stereocenters. The van der Waals surface area contributed by atoms with Crippen LogP contribution in [0.2, 0.25) is 10.0 Å². The first-order valence-corrected chi connectivity index (χ1v) is 5.72. The first-order valence-electron chi connectivity index (χ1n) is 4.96. The van der Waals surface area contributed by atoms with Gasteiger partial charge in [0.2, 0.25) is 0 Å². The predicted octanol–water partition coefficient (Wildman–Crippen LogP) is 3.45. The molecule has 1 aromatic carbocycles. The van der Waals surface area contributed by atoms with Crippen LogP contribution in [0.15, 0.2) is 17.1 Å². The molecule has 5 heteroatoms. The molecule has 0 radical (unpaired) electrons. The first-order chi connectivity index (χ1) is 7.65. The number of fused-ring (bicyclic) bond motifs is 2. The summed E-state index contributed by atoms with van der Waals surface area (Å²) in [5.74, 6) is 1.05. The van der Waals surface area contributed by atoms with Crippen LogP contribution in [0.1, 0.15) is 19.4 Å². The average Bonchev–Trinajstić information content (AvgIpc) is 2.61. The summed E-state index contributed by atoms with van der Waals surface area (Å²) in [7, 11) is 0. The van der Waals surface area contributed by atoms with Crippen molar-refractivity contribution in [1.82, 2.24) is 4.90 Å². The molecule has 2 aliphatic heterocycles. The maximum atomic E-state index is 11.3. The first kappa shape index (κ1) is 12.4. The summed E-state index contributed by atoms with van der Waals surface area (Å²) < 4.78 is 0. The van der Waals surface area contributed by atoms with E-state index in [2.05, 4.69) is 4.99 Å². The maximum Gasteiger partial charge on any atom is 0.159 e. The standard InChI is InChI=1S/C11H8Cl2N2O.CH4/c12-8-1-2-9-7(11(8)13)5-15-4-6(16)3-10(15)14-9;/h1-2H,3-5H2;1H4. The fraction of sp³-hybridized carbons (Fsp3) is 0.333. The molecular formula is C12H12Cl2N2O. The number of carbonyl (C=O) groups excluding carboxylic acids is 1. The summed E-state index contributed by atoms with van der Waals surface area (Å²) in [5, 5.41) is 1.07. The second-order valence-electron chi connectivity index (χ2n) is 3.96. The van der Waals surface area contributed by atoms with E-state index in [-0.39, 0.29) is 13.2 Å². The summed E-state index contributed by atoms with van der Waals surface area (Å²) in [6.45, 7) is 1.06. The molecule has 17 heavy (non-hydrogen) atoms. The van der Waals surface area contributed by atoms with Crippen molar-refractivity contribution in [3.8, 4) is 0 Å². The van der Waals surface area contributed by atoms with Crippen molar-refractivity contribution in [3.05, 3.63) is 27.7 Å². The number of hydrogen-bond donors (Lipinski definition) is 0. The van der Waals surface area contributed by atoms with Gasteiger partial charge in [-0.2, -0.15) is 0 Å². The lowest BCUT2D eigenvalue weighted by Gasteiger charge is -2.24. The van der Waals surface area contributed by atoms with Gasteiger partial charge in [0.15, 0.2) is 5.78 Å². The van der Waals surface area contributed by atoms with Gasteiger partial charge in [-0.05, 0) is 12.1 Å². The number of benzene rings is 1. The molecule has 0 saturated carbocycles. The van der Waals surface area contributed by atoms with Gasteiger partial charge in [-0.15, -0.1) is 0 Å². The lowest BCUT2D eigenvalue weighted by atomic mass is 10.1. The second-order valence-corrected chi connectivity index (χ2v) is 4.74. The third kappa shape index (κ3) is 1.94. The van der Waals surface area contributed by atoms with Crippen LogP contribution in [0.25, 0.3) is 0 Å². The summed E-state index contributed by atoms with van der Waals surface area (Å²) in [6.07, 6.45) is 0.430. The van der Waals surface area contributed by atoms with Gasteiger partial charge in [0.1, 0.15) is 5.84 Å². The van der Waals surface area contributed by atoms with Crippen molar-refractivity contribution < 1.29 is 4.79 Å². The molecule has 0 atom stereocenters. The molecular weight excluding hydrogens is 259 g/mol. The third-order valence-corrected chi connectivity index (χ3v) is 3.70. The van der Waals surface area contributed by atoms with Crippen molar-refractivity contribution >= 4 is 40.5 Å². The number of hydrogen-bond acceptors (Lipinski definition) is 3. The van der Waals surface area contributed by atoms with Crippen LogP contribution in [0.4, 0.5) is 5.69 Å². The number of Topliss-reactive ketones (excluding diaryl/α,β-unsaturated/α-hetero) is 1. The highest BCUT2D eigenvalue weighted by Crippen LogP contribution is 2.37. The normalized spacial score (nSPS) is 17.2. The van der Waals surface area contributed by atoms with Crippen LogP contribution in [0.5, 0.6) is 0 Å². The summed E-state index contributed by atoms with van der Waals surface area (Å²) >= 11 is 12.1. The number of halogens is 2. The Kier molecular flexibility index (Phi) is 3.15. The van der Waals surface area contributed by atoms with Crippen molar-refractivity contribution in [2.24, 2.45) is 4.99 Å². The second kappa shape index (κ2) is 4.31. The van der Waals surface area contributed by atoms with E-state index in [0.717, 1.165) is 17.1 Å². The largest absolute Gasteiger partial charge is 0.348 e. The van der Waals surface area contributed by atoms with E-state index in [4.69, 9.17) is 23.2 Å². The van der Waals surface area contributed by atoms with Crippen LogP contribution >= 0.6 is 23.2 Å². The van der Waals surface area contributed by atoms with Crippen LogP contribution in [0.3, 0.4) is 0 Å². The summed E-state index contributed by atoms with van der Waals surface area (Å²) in [6, 6.07) is 3.58. The van der Waals surface area contributed by atoms with Crippen molar-refractivity contribution in [2.45, 2.75) is 20.4 Å². The lowest BCUT2D eigenvalue weighted by Crippen LogP contribution is -2.27. The van der Waals surface area contributed by atoms with Gasteiger partial charge in [-0.1, -0.05) is 30.6 Å². The monoisotopic (exact) mass is 270 g/mol. The van der Waals surface area contributed by atoms with Crippen molar-refractivity contribution in [3.63, 3.8) is 0 Å². The predicted molar refractivity (Wildman–Crippen MR) is 70.3 cm³/mol. The zero-order valence-corrected chi connectivity index (χ0v) is 9.85. The molecule has 0 aromatic heterocycles. The molecule has 90 valence electrons. The van der Waals surface area contributed by atoms with E-state index in [0.29, 0.717) is 29.6 Å². The minimum atomic E-state index is 0. The number of carbonyl (C=O) groups is 1. The number of rotatable bonds is 0. The minimum absolute atomic E-state index is 0. The maximum absolute atomic E-state index is 11.3. The van der Waals surface area contributed by atoms with Crippen molar-refractivity contribution in [1.29, 1.82) is 0 Å². The Morgan fingerprint density at radius 1 is 1.24 bits per heavy atom. The van der Waals surface area contributed by atoms with Gasteiger partial charge in [0.25, 0.3) is 0 Å². The molecule has 0 spiro atoms. The van der Waals surface area contributed by atoms with E-state index in [1.807, 2.05) is 11.0 Å². The summed E-state index contributed by atoms with van der Waals surface area (Å²) in [5.41, 5.74) is 1.74. The molecule has 1 saturated heterocycles. The van der Waals surface area contributed by atoms with Gasteiger partial charge >= 0.3 is 0 Å². The van der Waals surface area contributed by atoms with E-state index in [9.17, 15) is 4.79 Å². The Morgan fingerprint density at radius 2 is 2.00 bits per heavy atom. The van der Waals surface area contributed by atoms with E-state index >= 15 is 0 Å². The molecule has 0 aliphatic carbocycles. The minimum Gasteiger partial charge on any atom is -0.348 e. The van der Waals surface area contributed by atoms with Crippen LogP contribution in [-0.4, -0.2) is 23.1 Å². The number of nitrogens with zero attached hydrogens (tertiary/aromatic N) is 2. The Bertz CT molecular complexity index is 525. The molecule has 0 amide bonds. The number of aliphatic imine (C=N–C) groups is 1. The van der Waals surface area contributed by atoms with E-state index in [1.54, 1.807) is 6.07 Å². The summed E-state index contributed by atoms with van der Waals surface area (Å²) in [4.78, 5) is 17.7. The van der Waals surface area contributed by atoms with E-state index in [1.165, 1.54) is 0 Å². The lowest BCUT2D eigenvalue weighted by molar-refractivity contribution is -0.116. The fourth-order valence-corrected chi connectivity index (χ4v) is 2.47. The molecule has 0 bridgehead atoms. The third-order valence-electron chi connectivity index (χ3n) is 2.86. The Balaban J connectivity index is 0.00000108. The average molecular weight is 271 g/mol. The molecule has 1 fully saturated rings. The van der Waals surface area contributed by atoms with Crippen LogP contribution in [-0.2, 0) is 11.3 Å². The highest BCUT2D eigenvalue weighted by Gasteiger charge is 2.30. The zero-order chi connectivity index (χ0) is 11.3.